The lowest BCUT2D eigenvalue weighted by atomic mass is 10.2. The summed E-state index contributed by atoms with van der Waals surface area (Å²) in [5, 5.41) is 8.36. The van der Waals surface area contributed by atoms with E-state index in [1.807, 2.05) is 61.9 Å². The Labute approximate surface area is 166 Å². The number of aromatic nitrogens is 2. The average Bonchev–Trinajstić information content (AvgIpc) is 2.96. The minimum Gasteiger partial charge on any atom is -0.356 e. The van der Waals surface area contributed by atoms with E-state index in [4.69, 9.17) is 0 Å². The van der Waals surface area contributed by atoms with E-state index in [9.17, 15) is 13.2 Å². The summed E-state index contributed by atoms with van der Waals surface area (Å²) in [5.74, 6) is 0.0300. The Morgan fingerprint density at radius 3 is 2.61 bits per heavy atom. The van der Waals surface area contributed by atoms with E-state index in [1.54, 1.807) is 0 Å². The van der Waals surface area contributed by atoms with Crippen molar-refractivity contribution >= 4 is 22.0 Å². The van der Waals surface area contributed by atoms with Gasteiger partial charge in [0.1, 0.15) is 0 Å². The molecule has 28 heavy (non-hydrogen) atoms. The summed E-state index contributed by atoms with van der Waals surface area (Å²) >= 11 is 0. The Morgan fingerprint density at radius 1 is 1.25 bits per heavy atom. The number of nitrogens with one attached hydrogen (secondary N) is 2. The zero-order chi connectivity index (χ0) is 20.6. The van der Waals surface area contributed by atoms with Crippen LogP contribution in [0.15, 0.2) is 41.8 Å². The molecule has 152 valence electrons. The van der Waals surface area contributed by atoms with E-state index in [0.717, 1.165) is 28.9 Å². The van der Waals surface area contributed by atoms with Crippen molar-refractivity contribution in [2.75, 3.05) is 13.1 Å². The minimum absolute atomic E-state index is 0.0547. The molecule has 8 heteroatoms. The summed E-state index contributed by atoms with van der Waals surface area (Å²) in [4.78, 5) is 11.9. The number of carbonyl (C=O) groups is 1. The van der Waals surface area contributed by atoms with Crippen molar-refractivity contribution in [2.24, 2.45) is 5.92 Å². The summed E-state index contributed by atoms with van der Waals surface area (Å²) in [5.41, 5.74) is 2.86. The molecule has 2 rings (SSSR count). The fourth-order valence-corrected chi connectivity index (χ4v) is 3.50. The van der Waals surface area contributed by atoms with Gasteiger partial charge in [0.2, 0.25) is 15.9 Å². The molecule has 0 aliphatic heterocycles. The molecule has 0 saturated carbocycles. The molecule has 1 atom stereocenters. The highest BCUT2D eigenvalue weighted by atomic mass is 32.2. The third kappa shape index (κ3) is 7.66. The quantitative estimate of drug-likeness (QED) is 0.635. The van der Waals surface area contributed by atoms with Crippen LogP contribution >= 0.6 is 0 Å². The molecule has 1 unspecified atom stereocenters. The normalized spacial score (nSPS) is 13.0. The van der Waals surface area contributed by atoms with Crippen molar-refractivity contribution < 1.29 is 13.2 Å². The summed E-state index contributed by atoms with van der Waals surface area (Å²) in [6.07, 6.45) is 1.61. The van der Waals surface area contributed by atoms with Gasteiger partial charge in [-0.1, -0.05) is 37.3 Å². The number of aryl methyl sites for hydroxylation is 2. The Balaban J connectivity index is 1.69. The van der Waals surface area contributed by atoms with Crippen LogP contribution in [0.2, 0.25) is 0 Å². The first kappa shape index (κ1) is 21.8. The van der Waals surface area contributed by atoms with Crippen molar-refractivity contribution in [3.63, 3.8) is 0 Å². The lowest BCUT2D eigenvalue weighted by Gasteiger charge is -2.14. The van der Waals surface area contributed by atoms with Crippen LogP contribution in [0.25, 0.3) is 6.08 Å². The number of nitrogens with zero attached hydrogens (tertiary/aromatic N) is 2. The molecule has 1 amide bonds. The molecule has 0 fully saturated rings. The first-order chi connectivity index (χ1) is 13.2. The van der Waals surface area contributed by atoms with Gasteiger partial charge in [-0.25, -0.2) is 13.1 Å². The van der Waals surface area contributed by atoms with Crippen LogP contribution in [-0.4, -0.2) is 37.2 Å². The zero-order valence-electron chi connectivity index (χ0n) is 16.6. The van der Waals surface area contributed by atoms with E-state index < -0.39 is 10.0 Å². The highest BCUT2D eigenvalue weighted by Gasteiger charge is 2.10. The average molecular weight is 405 g/mol. The monoisotopic (exact) mass is 404 g/mol. The first-order valence-electron chi connectivity index (χ1n) is 9.26. The van der Waals surface area contributed by atoms with Crippen LogP contribution in [-0.2, 0) is 21.4 Å². The summed E-state index contributed by atoms with van der Waals surface area (Å²) < 4.78 is 28.2. The molecule has 0 bridgehead atoms. The molecule has 1 aromatic carbocycles. The van der Waals surface area contributed by atoms with Gasteiger partial charge in [-0.15, -0.1) is 0 Å². The number of rotatable bonds is 10. The van der Waals surface area contributed by atoms with Crippen LogP contribution in [0, 0.1) is 19.8 Å². The Bertz CT molecular complexity index is 905. The fourth-order valence-electron chi connectivity index (χ4n) is 2.68. The second kappa shape index (κ2) is 10.2. The predicted octanol–water partition coefficient (Wildman–Crippen LogP) is 2.23. The van der Waals surface area contributed by atoms with Gasteiger partial charge < -0.3 is 5.32 Å². The van der Waals surface area contributed by atoms with E-state index in [1.165, 1.54) is 6.08 Å². The maximum atomic E-state index is 11.9. The second-order valence-corrected chi connectivity index (χ2v) is 8.57. The smallest absolute Gasteiger partial charge is 0.233 e. The third-order valence-corrected chi connectivity index (χ3v) is 5.23. The van der Waals surface area contributed by atoms with Crippen LogP contribution < -0.4 is 10.0 Å². The van der Waals surface area contributed by atoms with Crippen LogP contribution in [0.4, 0.5) is 0 Å². The maximum absolute atomic E-state index is 11.9. The highest BCUT2D eigenvalue weighted by molar-refractivity contribution is 7.92. The van der Waals surface area contributed by atoms with Gasteiger partial charge in [0.15, 0.2) is 0 Å². The largest absolute Gasteiger partial charge is 0.356 e. The van der Waals surface area contributed by atoms with Gasteiger partial charge in [-0.05, 0) is 37.5 Å². The molecule has 1 aromatic heterocycles. The molecule has 0 aliphatic rings. The number of sulfonamides is 1. The molecular formula is C20H28N4O3S. The van der Waals surface area contributed by atoms with Gasteiger partial charge in [-0.3, -0.25) is 9.48 Å². The number of benzene rings is 1. The molecule has 2 aromatic rings. The van der Waals surface area contributed by atoms with Crippen LogP contribution in [0.5, 0.6) is 0 Å². The molecule has 0 spiro atoms. The fraction of sp³-hybridized carbons (Fsp3) is 0.400. The lowest BCUT2D eigenvalue weighted by molar-refractivity contribution is -0.121. The van der Waals surface area contributed by atoms with Crippen LogP contribution in [0.1, 0.15) is 30.3 Å². The molecular weight excluding hydrogens is 376 g/mol. The molecule has 7 nitrogen and oxygen atoms in total. The number of carbonyl (C=O) groups excluding carboxylic acids is 1. The van der Waals surface area contributed by atoms with Gasteiger partial charge >= 0.3 is 0 Å². The van der Waals surface area contributed by atoms with Crippen molar-refractivity contribution in [3.8, 4) is 0 Å². The third-order valence-electron chi connectivity index (χ3n) is 4.13. The molecule has 0 aliphatic carbocycles. The zero-order valence-corrected chi connectivity index (χ0v) is 17.4. The number of amides is 1. The van der Waals surface area contributed by atoms with E-state index >= 15 is 0 Å². The van der Waals surface area contributed by atoms with Gasteiger partial charge in [0.05, 0.1) is 5.69 Å². The number of hydrogen-bond acceptors (Lipinski definition) is 4. The Kier molecular flexibility index (Phi) is 7.95. The summed E-state index contributed by atoms with van der Waals surface area (Å²) in [6.45, 7) is 7.28. The van der Waals surface area contributed by atoms with Crippen LogP contribution in [0.3, 0.4) is 0 Å². The second-order valence-electron chi connectivity index (χ2n) is 6.92. The first-order valence-corrected chi connectivity index (χ1v) is 10.8. The van der Waals surface area contributed by atoms with Crippen molar-refractivity contribution in [3.05, 3.63) is 58.8 Å². The maximum Gasteiger partial charge on any atom is 0.233 e. The van der Waals surface area contributed by atoms with Gasteiger partial charge in [0.25, 0.3) is 0 Å². The standard InChI is InChI=1S/C20H28N4O3S/c1-16(15-24-18(3)13-17(2)23-24)14-21-20(25)9-11-22-28(26,27)12-10-19-7-5-4-6-8-19/h4-8,10,12-13,16,22H,9,11,14-15H2,1-3H3,(H,21,25)/b12-10+. The van der Waals surface area contributed by atoms with E-state index in [2.05, 4.69) is 15.1 Å². The Morgan fingerprint density at radius 2 is 1.96 bits per heavy atom. The summed E-state index contributed by atoms with van der Waals surface area (Å²) in [7, 11) is -3.57. The number of hydrogen-bond donors (Lipinski definition) is 2. The van der Waals surface area contributed by atoms with Crippen molar-refractivity contribution in [1.82, 2.24) is 19.8 Å². The van der Waals surface area contributed by atoms with Gasteiger partial charge in [0, 0.05) is 37.2 Å². The van der Waals surface area contributed by atoms with Crippen molar-refractivity contribution in [1.29, 1.82) is 0 Å². The highest BCUT2D eigenvalue weighted by Crippen LogP contribution is 2.06. The SMILES string of the molecule is Cc1cc(C)n(CC(C)CNC(=O)CCNS(=O)(=O)/C=C/c2ccccc2)n1. The summed E-state index contributed by atoms with van der Waals surface area (Å²) in [6, 6.07) is 11.2. The molecule has 2 N–H and O–H groups in total. The van der Waals surface area contributed by atoms with Gasteiger partial charge in [-0.2, -0.15) is 5.10 Å². The minimum atomic E-state index is -3.57. The molecule has 0 saturated heterocycles. The molecule has 1 heterocycles. The lowest BCUT2D eigenvalue weighted by Crippen LogP contribution is -2.33. The molecule has 0 radical (unpaired) electrons. The topological polar surface area (TPSA) is 93.1 Å². The van der Waals surface area contributed by atoms with Crippen molar-refractivity contribution in [2.45, 2.75) is 33.7 Å². The predicted molar refractivity (Wildman–Crippen MR) is 111 cm³/mol. The Hall–Kier alpha value is -2.45. The van der Waals surface area contributed by atoms with E-state index in [0.29, 0.717) is 6.54 Å². The van der Waals surface area contributed by atoms with E-state index in [-0.39, 0.29) is 24.8 Å².